The van der Waals surface area contributed by atoms with E-state index in [0.717, 1.165) is 17.3 Å². The molecular formula is C13H14BrF2N3O. The van der Waals surface area contributed by atoms with Crippen LogP contribution >= 0.6 is 15.9 Å². The topological polar surface area (TPSA) is 39.1 Å². The molecule has 0 atom stereocenters. The van der Waals surface area contributed by atoms with Crippen LogP contribution in [0.25, 0.3) is 0 Å². The third kappa shape index (κ3) is 2.77. The predicted octanol–water partition coefficient (Wildman–Crippen LogP) is 3.39. The molecule has 0 fully saturated rings. The molecule has 0 saturated carbocycles. The van der Waals surface area contributed by atoms with Gasteiger partial charge in [0.05, 0.1) is 28.5 Å². The van der Waals surface area contributed by atoms with Gasteiger partial charge in [-0.3, -0.25) is 0 Å². The van der Waals surface area contributed by atoms with Crippen LogP contribution in [0.1, 0.15) is 11.3 Å². The number of hydrogen-bond donors (Lipinski definition) is 1. The zero-order valence-corrected chi connectivity index (χ0v) is 12.9. The average Bonchev–Trinajstić information content (AvgIpc) is 2.66. The van der Waals surface area contributed by atoms with Crippen LogP contribution < -0.4 is 10.1 Å². The van der Waals surface area contributed by atoms with E-state index in [1.54, 1.807) is 18.8 Å². The number of benzene rings is 1. The molecule has 2 rings (SSSR count). The van der Waals surface area contributed by atoms with Gasteiger partial charge in [0.25, 0.3) is 0 Å². The molecule has 1 aromatic carbocycles. The molecule has 0 aliphatic carbocycles. The third-order valence-corrected chi connectivity index (χ3v) is 3.56. The van der Waals surface area contributed by atoms with Gasteiger partial charge < -0.3 is 10.1 Å². The fourth-order valence-electron chi connectivity index (χ4n) is 1.98. The molecule has 0 amide bonds. The Kier molecular flexibility index (Phi) is 4.27. The van der Waals surface area contributed by atoms with E-state index in [1.165, 1.54) is 6.07 Å². The van der Waals surface area contributed by atoms with Crippen LogP contribution in [0.2, 0.25) is 0 Å². The molecule has 20 heavy (non-hydrogen) atoms. The van der Waals surface area contributed by atoms with Gasteiger partial charge in [0, 0.05) is 19.7 Å². The van der Waals surface area contributed by atoms with Crippen LogP contribution in [0.15, 0.2) is 16.6 Å². The van der Waals surface area contributed by atoms with E-state index in [2.05, 4.69) is 26.3 Å². The van der Waals surface area contributed by atoms with Crippen LogP contribution in [0.5, 0.6) is 5.88 Å². The smallest absolute Gasteiger partial charge is 0.216 e. The summed E-state index contributed by atoms with van der Waals surface area (Å²) >= 11 is 3.03. The van der Waals surface area contributed by atoms with Crippen molar-refractivity contribution < 1.29 is 13.5 Å². The first-order valence-electron chi connectivity index (χ1n) is 5.89. The molecule has 1 heterocycles. The Labute approximate surface area is 123 Å². The van der Waals surface area contributed by atoms with Gasteiger partial charge in [-0.05, 0) is 28.9 Å². The standard InChI is InChI=1S/C13H14BrF2N3O/c1-7-8(13(20-3)19(2)18-7)6-17-12-4-9(14)10(15)5-11(12)16/h4-5,17H,6H2,1-3H3. The van der Waals surface area contributed by atoms with Gasteiger partial charge in [0.15, 0.2) is 0 Å². The van der Waals surface area contributed by atoms with Crippen LogP contribution in [-0.2, 0) is 13.6 Å². The molecule has 108 valence electrons. The highest BCUT2D eigenvalue weighted by atomic mass is 79.9. The van der Waals surface area contributed by atoms with E-state index in [1.807, 2.05) is 6.92 Å². The second-order valence-electron chi connectivity index (χ2n) is 4.30. The third-order valence-electron chi connectivity index (χ3n) is 2.95. The summed E-state index contributed by atoms with van der Waals surface area (Å²) in [6, 6.07) is 2.20. The van der Waals surface area contributed by atoms with Crippen LogP contribution in [0.3, 0.4) is 0 Å². The molecule has 0 unspecified atom stereocenters. The lowest BCUT2D eigenvalue weighted by molar-refractivity contribution is 0.369. The van der Waals surface area contributed by atoms with Crippen molar-refractivity contribution in [2.75, 3.05) is 12.4 Å². The van der Waals surface area contributed by atoms with Crippen LogP contribution in [-0.4, -0.2) is 16.9 Å². The summed E-state index contributed by atoms with van der Waals surface area (Å²) in [5.41, 5.74) is 1.83. The van der Waals surface area contributed by atoms with Gasteiger partial charge >= 0.3 is 0 Å². The molecule has 0 aliphatic heterocycles. The largest absolute Gasteiger partial charge is 0.481 e. The van der Waals surface area contributed by atoms with Crippen molar-refractivity contribution in [1.29, 1.82) is 0 Å². The molecule has 1 aromatic heterocycles. The molecule has 0 aliphatic rings. The average molecular weight is 346 g/mol. The Morgan fingerprint density at radius 1 is 1.35 bits per heavy atom. The Hall–Kier alpha value is -1.63. The maximum absolute atomic E-state index is 13.6. The maximum Gasteiger partial charge on any atom is 0.216 e. The number of halogens is 3. The lowest BCUT2D eigenvalue weighted by Crippen LogP contribution is -2.04. The lowest BCUT2D eigenvalue weighted by Gasteiger charge is -2.10. The molecule has 0 bridgehead atoms. The SMILES string of the molecule is COc1c(CNc2cc(Br)c(F)cc2F)c(C)nn1C. The predicted molar refractivity (Wildman–Crippen MR) is 75.9 cm³/mol. The number of aryl methyl sites for hydroxylation is 2. The number of nitrogens with zero attached hydrogens (tertiary/aromatic N) is 2. The Morgan fingerprint density at radius 3 is 2.70 bits per heavy atom. The van der Waals surface area contributed by atoms with E-state index < -0.39 is 11.6 Å². The first-order chi connectivity index (χ1) is 9.43. The minimum atomic E-state index is -0.647. The highest BCUT2D eigenvalue weighted by Crippen LogP contribution is 2.26. The number of methoxy groups -OCH3 is 1. The molecular weight excluding hydrogens is 332 g/mol. The van der Waals surface area contributed by atoms with Gasteiger partial charge in [-0.15, -0.1) is 0 Å². The summed E-state index contributed by atoms with van der Waals surface area (Å²) in [6.07, 6.45) is 0. The van der Waals surface area contributed by atoms with Gasteiger partial charge in [0.1, 0.15) is 11.6 Å². The molecule has 7 heteroatoms. The number of anilines is 1. The summed E-state index contributed by atoms with van der Waals surface area (Å²) in [5, 5.41) is 7.16. The quantitative estimate of drug-likeness (QED) is 0.863. The van der Waals surface area contributed by atoms with Crippen molar-refractivity contribution in [3.05, 3.63) is 39.5 Å². The van der Waals surface area contributed by atoms with E-state index in [-0.39, 0.29) is 10.2 Å². The minimum absolute atomic E-state index is 0.205. The van der Waals surface area contributed by atoms with Gasteiger partial charge in [-0.2, -0.15) is 5.10 Å². The van der Waals surface area contributed by atoms with E-state index >= 15 is 0 Å². The number of aromatic nitrogens is 2. The fourth-order valence-corrected chi connectivity index (χ4v) is 2.32. The van der Waals surface area contributed by atoms with Crippen molar-refractivity contribution in [2.24, 2.45) is 7.05 Å². The number of hydrogen-bond acceptors (Lipinski definition) is 3. The van der Waals surface area contributed by atoms with Gasteiger partial charge in [-0.25, -0.2) is 13.5 Å². The number of ether oxygens (including phenoxy) is 1. The van der Waals surface area contributed by atoms with E-state index in [4.69, 9.17) is 4.74 Å². The van der Waals surface area contributed by atoms with Gasteiger partial charge in [-0.1, -0.05) is 0 Å². The Bertz CT molecular complexity index is 643. The van der Waals surface area contributed by atoms with Crippen molar-refractivity contribution in [2.45, 2.75) is 13.5 Å². The molecule has 0 radical (unpaired) electrons. The van der Waals surface area contributed by atoms with Crippen molar-refractivity contribution >= 4 is 21.6 Å². The Balaban J connectivity index is 2.23. The molecule has 4 nitrogen and oxygen atoms in total. The summed E-state index contributed by atoms with van der Waals surface area (Å²) in [5.74, 6) is -0.675. The van der Waals surface area contributed by atoms with Gasteiger partial charge in [0.2, 0.25) is 5.88 Å². The maximum atomic E-state index is 13.6. The first-order valence-corrected chi connectivity index (χ1v) is 6.68. The minimum Gasteiger partial charge on any atom is -0.481 e. The summed E-state index contributed by atoms with van der Waals surface area (Å²) in [6.45, 7) is 2.17. The number of nitrogens with one attached hydrogen (secondary N) is 1. The lowest BCUT2D eigenvalue weighted by atomic mass is 10.2. The second-order valence-corrected chi connectivity index (χ2v) is 5.15. The molecule has 2 aromatic rings. The molecule has 0 spiro atoms. The molecule has 1 N–H and O–H groups in total. The number of rotatable bonds is 4. The Morgan fingerprint density at radius 2 is 2.05 bits per heavy atom. The highest BCUT2D eigenvalue weighted by molar-refractivity contribution is 9.10. The van der Waals surface area contributed by atoms with Crippen LogP contribution in [0.4, 0.5) is 14.5 Å². The van der Waals surface area contributed by atoms with E-state index in [0.29, 0.717) is 12.4 Å². The summed E-state index contributed by atoms with van der Waals surface area (Å²) in [4.78, 5) is 0. The first kappa shape index (κ1) is 14.8. The zero-order valence-electron chi connectivity index (χ0n) is 11.3. The normalized spacial score (nSPS) is 10.7. The summed E-state index contributed by atoms with van der Waals surface area (Å²) < 4.78 is 33.9. The van der Waals surface area contributed by atoms with E-state index in [9.17, 15) is 8.78 Å². The van der Waals surface area contributed by atoms with Crippen molar-refractivity contribution in [3.63, 3.8) is 0 Å². The highest BCUT2D eigenvalue weighted by Gasteiger charge is 2.15. The second kappa shape index (κ2) is 5.78. The monoisotopic (exact) mass is 345 g/mol. The zero-order chi connectivity index (χ0) is 14.9. The van der Waals surface area contributed by atoms with Crippen molar-refractivity contribution in [1.82, 2.24) is 9.78 Å². The fraction of sp³-hybridized carbons (Fsp3) is 0.308. The van der Waals surface area contributed by atoms with Crippen molar-refractivity contribution in [3.8, 4) is 5.88 Å². The van der Waals surface area contributed by atoms with Crippen LogP contribution in [0, 0.1) is 18.6 Å². The molecule has 0 saturated heterocycles. The summed E-state index contributed by atoms with van der Waals surface area (Å²) in [7, 11) is 3.32.